The normalized spacial score (nSPS) is 30.0. The molecule has 0 bridgehead atoms. The maximum atomic E-state index is 13.3. The summed E-state index contributed by atoms with van der Waals surface area (Å²) in [6, 6.07) is 0. The average Bonchev–Trinajstić information content (AvgIpc) is 2.46. The predicted octanol–water partition coefficient (Wildman–Crippen LogP) is 4.54. The number of carbonyl (C=O) groups is 1. The highest BCUT2D eigenvalue weighted by molar-refractivity contribution is 5.96. The van der Waals surface area contributed by atoms with Crippen molar-refractivity contribution in [2.75, 3.05) is 0 Å². The first-order valence-electron chi connectivity index (χ1n) is 8.23. The molecule has 0 aromatic carbocycles. The Hall–Kier alpha value is -0.960. The van der Waals surface area contributed by atoms with Gasteiger partial charge in [-0.05, 0) is 51.9 Å². The van der Waals surface area contributed by atoms with Crippen molar-refractivity contribution in [1.29, 1.82) is 0 Å². The third kappa shape index (κ3) is 4.26. The highest BCUT2D eigenvalue weighted by Crippen LogP contribution is 2.36. The summed E-state index contributed by atoms with van der Waals surface area (Å²) in [5.41, 5.74) is 2.21. The largest absolute Gasteiger partial charge is 0.371 e. The van der Waals surface area contributed by atoms with Gasteiger partial charge in [-0.2, -0.15) is 0 Å². The molecule has 2 rings (SSSR count). The van der Waals surface area contributed by atoms with Crippen molar-refractivity contribution in [2.24, 2.45) is 5.92 Å². The number of hydrogen-bond acceptors (Lipinski definition) is 2. The van der Waals surface area contributed by atoms with Crippen LogP contribution in [-0.2, 0) is 9.53 Å². The highest BCUT2D eigenvalue weighted by atomic mass is 19.1. The van der Waals surface area contributed by atoms with Crippen LogP contribution in [0.2, 0.25) is 0 Å². The van der Waals surface area contributed by atoms with Gasteiger partial charge in [0.1, 0.15) is 6.17 Å². The fraction of sp³-hybridized carbons (Fsp3) is 0.722. The lowest BCUT2D eigenvalue weighted by Gasteiger charge is -2.33. The van der Waals surface area contributed by atoms with Gasteiger partial charge in [-0.25, -0.2) is 4.39 Å². The summed E-state index contributed by atoms with van der Waals surface area (Å²) in [7, 11) is 0. The van der Waals surface area contributed by atoms with Gasteiger partial charge in [0.25, 0.3) is 0 Å². The summed E-state index contributed by atoms with van der Waals surface area (Å²) in [4.78, 5) is 12.1. The van der Waals surface area contributed by atoms with Crippen LogP contribution in [0.15, 0.2) is 23.3 Å². The maximum absolute atomic E-state index is 13.3. The van der Waals surface area contributed by atoms with Crippen molar-refractivity contribution < 1.29 is 13.9 Å². The van der Waals surface area contributed by atoms with Crippen LogP contribution in [0.25, 0.3) is 0 Å². The zero-order chi connectivity index (χ0) is 15.4. The minimum Gasteiger partial charge on any atom is -0.371 e. The summed E-state index contributed by atoms with van der Waals surface area (Å²) < 4.78 is 19.2. The van der Waals surface area contributed by atoms with E-state index in [1.807, 2.05) is 20.8 Å². The van der Waals surface area contributed by atoms with Crippen molar-refractivity contribution in [3.8, 4) is 0 Å². The number of carbonyl (C=O) groups excluding carboxylic acids is 1. The second kappa shape index (κ2) is 7.35. The summed E-state index contributed by atoms with van der Waals surface area (Å²) in [6.07, 6.45) is 7.80. The molecule has 2 nitrogen and oxygen atoms in total. The number of ether oxygens (including phenoxy) is 1. The number of Topliss-reactive ketones (excluding diaryl/α,β-unsaturated/α-hetero) is 1. The lowest BCUT2D eigenvalue weighted by atomic mass is 9.77. The quantitative estimate of drug-likeness (QED) is 0.696. The lowest BCUT2D eigenvalue weighted by Crippen LogP contribution is -2.31. The highest BCUT2D eigenvalue weighted by Gasteiger charge is 2.31. The van der Waals surface area contributed by atoms with Crippen LogP contribution < -0.4 is 0 Å². The third-order valence-corrected chi connectivity index (χ3v) is 4.45. The van der Waals surface area contributed by atoms with Gasteiger partial charge in [0.2, 0.25) is 0 Å². The molecular formula is C18H27FO2. The number of rotatable bonds is 5. The predicted molar refractivity (Wildman–Crippen MR) is 82.9 cm³/mol. The summed E-state index contributed by atoms with van der Waals surface area (Å²) >= 11 is 0. The van der Waals surface area contributed by atoms with Gasteiger partial charge in [0.15, 0.2) is 5.78 Å². The number of alkyl halides is 1. The monoisotopic (exact) mass is 294 g/mol. The first-order valence-corrected chi connectivity index (χ1v) is 8.23. The van der Waals surface area contributed by atoms with Gasteiger partial charge in [-0.15, -0.1) is 0 Å². The molecule has 0 aliphatic heterocycles. The van der Waals surface area contributed by atoms with Crippen LogP contribution >= 0.6 is 0 Å². The van der Waals surface area contributed by atoms with Gasteiger partial charge >= 0.3 is 0 Å². The molecule has 0 amide bonds. The van der Waals surface area contributed by atoms with Crippen molar-refractivity contribution in [2.45, 2.75) is 77.7 Å². The zero-order valence-electron chi connectivity index (χ0n) is 13.4. The topological polar surface area (TPSA) is 26.3 Å². The molecular weight excluding hydrogens is 267 g/mol. The Balaban J connectivity index is 2.11. The molecule has 0 aromatic rings. The van der Waals surface area contributed by atoms with Gasteiger partial charge in [-0.3, -0.25) is 4.79 Å². The van der Waals surface area contributed by atoms with Crippen molar-refractivity contribution in [3.63, 3.8) is 0 Å². The van der Waals surface area contributed by atoms with Crippen LogP contribution in [0, 0.1) is 5.92 Å². The minimum absolute atomic E-state index is 0.0970. The molecule has 2 aliphatic carbocycles. The van der Waals surface area contributed by atoms with Crippen molar-refractivity contribution in [3.05, 3.63) is 23.3 Å². The van der Waals surface area contributed by atoms with Gasteiger partial charge in [0, 0.05) is 12.0 Å². The van der Waals surface area contributed by atoms with E-state index in [0.717, 1.165) is 24.8 Å². The number of hydrogen-bond donors (Lipinski definition) is 0. The minimum atomic E-state index is -0.673. The summed E-state index contributed by atoms with van der Waals surface area (Å²) in [5.74, 6) is 0.607. The molecule has 0 heterocycles. The number of ketones is 1. The van der Waals surface area contributed by atoms with E-state index in [-0.39, 0.29) is 18.0 Å². The fourth-order valence-corrected chi connectivity index (χ4v) is 3.33. The Morgan fingerprint density at radius 3 is 2.71 bits per heavy atom. The number of halogens is 1. The van der Waals surface area contributed by atoms with Crippen LogP contribution in [0.4, 0.5) is 4.39 Å². The molecule has 0 unspecified atom stereocenters. The number of allylic oxidation sites excluding steroid dienone is 3. The molecule has 0 saturated heterocycles. The molecule has 0 spiro atoms. The molecule has 21 heavy (non-hydrogen) atoms. The summed E-state index contributed by atoms with van der Waals surface area (Å²) in [5, 5.41) is 0. The average molecular weight is 294 g/mol. The van der Waals surface area contributed by atoms with E-state index >= 15 is 0 Å². The third-order valence-electron chi connectivity index (χ3n) is 4.45. The molecule has 0 radical (unpaired) electrons. The van der Waals surface area contributed by atoms with Gasteiger partial charge in [-0.1, -0.05) is 24.6 Å². The Morgan fingerprint density at radius 1 is 1.38 bits per heavy atom. The van der Waals surface area contributed by atoms with Crippen LogP contribution in [0.3, 0.4) is 0 Å². The van der Waals surface area contributed by atoms with Gasteiger partial charge < -0.3 is 4.74 Å². The molecule has 0 aromatic heterocycles. The lowest BCUT2D eigenvalue weighted by molar-refractivity contribution is -0.117. The van der Waals surface area contributed by atoms with Crippen LogP contribution in [-0.4, -0.2) is 24.2 Å². The van der Waals surface area contributed by atoms with Crippen LogP contribution in [0.1, 0.15) is 59.3 Å². The zero-order valence-corrected chi connectivity index (χ0v) is 13.4. The van der Waals surface area contributed by atoms with E-state index in [0.29, 0.717) is 25.2 Å². The maximum Gasteiger partial charge on any atom is 0.160 e. The standard InChI is InChI=1S/C18H27FO2/c1-4-17(20)16-10-7-14(11-18(16)21-12(2)3)13-5-8-15(19)9-6-13/h5,10,12,14-15,18H,4,6-9,11H2,1-3H3/t14-,15-,18-/m0/s1. The second-order valence-electron chi connectivity index (χ2n) is 6.43. The Labute approximate surface area is 127 Å². The molecule has 0 fully saturated rings. The Bertz CT molecular complexity index is 436. The van der Waals surface area contributed by atoms with Crippen LogP contribution in [0.5, 0.6) is 0 Å². The van der Waals surface area contributed by atoms with E-state index in [4.69, 9.17) is 4.74 Å². The Morgan fingerprint density at radius 2 is 2.14 bits per heavy atom. The van der Waals surface area contributed by atoms with Gasteiger partial charge in [0.05, 0.1) is 12.2 Å². The van der Waals surface area contributed by atoms with E-state index in [1.165, 1.54) is 5.57 Å². The first kappa shape index (κ1) is 16.4. The molecule has 3 heteroatoms. The fourth-order valence-electron chi connectivity index (χ4n) is 3.33. The molecule has 0 saturated carbocycles. The first-order chi connectivity index (χ1) is 10.0. The van der Waals surface area contributed by atoms with Crippen molar-refractivity contribution >= 4 is 5.78 Å². The van der Waals surface area contributed by atoms with E-state index in [9.17, 15) is 9.18 Å². The molecule has 118 valence electrons. The second-order valence-corrected chi connectivity index (χ2v) is 6.43. The molecule has 0 N–H and O–H groups in total. The SMILES string of the molecule is CCC(=O)C1=CC[C@H](C2=CC[C@H](F)CC2)C[C@@H]1OC(C)C. The molecule has 3 atom stereocenters. The van der Waals surface area contributed by atoms with E-state index < -0.39 is 6.17 Å². The van der Waals surface area contributed by atoms with E-state index in [1.54, 1.807) is 0 Å². The summed E-state index contributed by atoms with van der Waals surface area (Å²) in [6.45, 7) is 5.91. The van der Waals surface area contributed by atoms with Crippen molar-refractivity contribution in [1.82, 2.24) is 0 Å². The molecule has 2 aliphatic rings. The Kier molecular flexibility index (Phi) is 5.74. The van der Waals surface area contributed by atoms with E-state index in [2.05, 4.69) is 12.2 Å². The smallest absolute Gasteiger partial charge is 0.160 e.